The standard InChI is InChI=1S/C54H78N4O3.C2H6/c1-9-13-15-50(41(7)14-10-2)51-19-16-46(36-44(51)11-3)45-27-32-56(33-28-45)29-22-42-23-30-57(31-24-42)38-43-25-34-58(35-26-43)48-17-20-52(47(37-48)39-59)54(61)55(8)53(40(5)6)21-18-49(60)12-4;1-2/h10,14-17,19-20,36-37,39,42-43,45,53H,2,5,9,11-13,18,21-35,38H2,1,3-4,6-8H3;1-2H3/b41-14-,50-15+;. The molecule has 3 saturated heterocycles. The molecule has 0 N–H and O–H groups in total. The Morgan fingerprint density at radius 2 is 1.51 bits per heavy atom. The second-order valence-electron chi connectivity index (χ2n) is 18.4. The van der Waals surface area contributed by atoms with Crippen molar-refractivity contribution in [3.8, 4) is 0 Å². The topological polar surface area (TPSA) is 64.2 Å². The fraction of sp³-hybridized carbons (Fsp3) is 0.589. The van der Waals surface area contributed by atoms with E-state index >= 15 is 0 Å². The van der Waals surface area contributed by atoms with Gasteiger partial charge in [-0.05, 0) is 175 Å². The van der Waals surface area contributed by atoms with Crippen LogP contribution in [0.2, 0.25) is 0 Å². The molecule has 0 aliphatic carbocycles. The largest absolute Gasteiger partial charge is 0.371 e. The van der Waals surface area contributed by atoms with E-state index in [-0.39, 0.29) is 17.7 Å². The van der Waals surface area contributed by atoms with E-state index in [2.05, 4.69) is 79.0 Å². The van der Waals surface area contributed by atoms with E-state index in [9.17, 15) is 14.4 Å². The summed E-state index contributed by atoms with van der Waals surface area (Å²) < 4.78 is 0. The highest BCUT2D eigenvalue weighted by Crippen LogP contribution is 2.35. The van der Waals surface area contributed by atoms with Crippen molar-refractivity contribution in [2.75, 3.05) is 64.3 Å². The molecule has 1 amide bonds. The first-order valence-electron chi connectivity index (χ1n) is 24.9. The van der Waals surface area contributed by atoms with E-state index in [0.717, 1.165) is 68.7 Å². The molecule has 0 saturated carbocycles. The molecule has 5 rings (SSSR count). The number of allylic oxidation sites excluding steroid dienone is 5. The van der Waals surface area contributed by atoms with Crippen LogP contribution in [-0.4, -0.2) is 98.1 Å². The molecule has 2 aromatic carbocycles. The molecule has 0 aromatic heterocycles. The maximum Gasteiger partial charge on any atom is 0.254 e. The minimum Gasteiger partial charge on any atom is -0.371 e. The van der Waals surface area contributed by atoms with Gasteiger partial charge in [0, 0.05) is 50.8 Å². The molecule has 3 heterocycles. The third-order valence-corrected chi connectivity index (χ3v) is 14.2. The van der Waals surface area contributed by atoms with Crippen molar-refractivity contribution in [1.82, 2.24) is 14.7 Å². The highest BCUT2D eigenvalue weighted by molar-refractivity contribution is 6.02. The summed E-state index contributed by atoms with van der Waals surface area (Å²) in [6, 6.07) is 12.8. The van der Waals surface area contributed by atoms with Gasteiger partial charge in [-0.2, -0.15) is 0 Å². The van der Waals surface area contributed by atoms with Gasteiger partial charge in [-0.25, -0.2) is 0 Å². The number of nitrogens with zero attached hydrogens (tertiary/aromatic N) is 4. The van der Waals surface area contributed by atoms with Crippen LogP contribution in [0.4, 0.5) is 5.69 Å². The first kappa shape index (κ1) is 51.6. The first-order valence-corrected chi connectivity index (χ1v) is 24.9. The normalized spacial score (nSPS) is 18.1. The van der Waals surface area contributed by atoms with Crippen molar-refractivity contribution in [2.24, 2.45) is 11.8 Å². The Morgan fingerprint density at radius 1 is 0.857 bits per heavy atom. The number of anilines is 1. The summed E-state index contributed by atoms with van der Waals surface area (Å²) in [4.78, 5) is 47.3. The van der Waals surface area contributed by atoms with E-state index in [1.54, 1.807) is 18.0 Å². The number of rotatable bonds is 21. The molecule has 346 valence electrons. The Balaban J connectivity index is 0.00000429. The summed E-state index contributed by atoms with van der Waals surface area (Å²) in [7, 11) is 1.74. The SMILES string of the molecule is C=C/C=C(C)\C(=C/CCC)c1ccc(C2CCN(CCC3CCN(CC4CCN(c5ccc(C(=O)N(C)C(CCC(=O)CC)C(=C)C)c(C=O)c5)CC4)CC3)CC2)cc1CC.CC. The van der Waals surface area contributed by atoms with Gasteiger partial charge in [0.1, 0.15) is 5.78 Å². The smallest absolute Gasteiger partial charge is 0.254 e. The second-order valence-corrected chi connectivity index (χ2v) is 18.4. The molecule has 1 atom stereocenters. The molecule has 7 nitrogen and oxygen atoms in total. The van der Waals surface area contributed by atoms with Crippen LogP contribution in [0, 0.1) is 11.8 Å². The Bertz CT molecular complexity index is 1850. The third kappa shape index (κ3) is 14.7. The summed E-state index contributed by atoms with van der Waals surface area (Å²) in [5, 5.41) is 0. The Kier molecular flexibility index (Phi) is 21.8. The van der Waals surface area contributed by atoms with Gasteiger partial charge >= 0.3 is 0 Å². The highest BCUT2D eigenvalue weighted by Gasteiger charge is 2.29. The van der Waals surface area contributed by atoms with Crippen LogP contribution in [0.15, 0.2) is 78.9 Å². The molecule has 7 heteroatoms. The number of hydrogen-bond acceptors (Lipinski definition) is 6. The zero-order valence-electron chi connectivity index (χ0n) is 40.9. The van der Waals surface area contributed by atoms with Gasteiger partial charge in [0.2, 0.25) is 0 Å². The number of ketones is 1. The van der Waals surface area contributed by atoms with Gasteiger partial charge in [-0.1, -0.05) is 96.2 Å². The highest BCUT2D eigenvalue weighted by atomic mass is 16.2. The summed E-state index contributed by atoms with van der Waals surface area (Å²) in [6.45, 7) is 31.7. The molecular weight excluding hydrogens is 777 g/mol. The number of hydrogen-bond donors (Lipinski definition) is 0. The molecule has 63 heavy (non-hydrogen) atoms. The van der Waals surface area contributed by atoms with E-state index in [4.69, 9.17) is 0 Å². The summed E-state index contributed by atoms with van der Waals surface area (Å²) in [5.41, 5.74) is 9.72. The number of aryl methyl sites for hydroxylation is 1. The van der Waals surface area contributed by atoms with Crippen LogP contribution in [0.5, 0.6) is 0 Å². The lowest BCUT2D eigenvalue weighted by Crippen LogP contribution is -2.42. The fourth-order valence-corrected chi connectivity index (χ4v) is 10.1. The van der Waals surface area contributed by atoms with Crippen LogP contribution >= 0.6 is 0 Å². The fourth-order valence-electron chi connectivity index (χ4n) is 10.1. The second kappa shape index (κ2) is 26.7. The van der Waals surface area contributed by atoms with Crippen molar-refractivity contribution >= 4 is 29.2 Å². The van der Waals surface area contributed by atoms with Gasteiger partial charge in [-0.15, -0.1) is 0 Å². The van der Waals surface area contributed by atoms with Crippen molar-refractivity contribution in [3.63, 3.8) is 0 Å². The predicted octanol–water partition coefficient (Wildman–Crippen LogP) is 12.4. The summed E-state index contributed by atoms with van der Waals surface area (Å²) in [6.07, 6.45) is 20.8. The van der Waals surface area contributed by atoms with E-state index < -0.39 is 0 Å². The van der Waals surface area contributed by atoms with Gasteiger partial charge in [0.05, 0.1) is 11.6 Å². The first-order chi connectivity index (χ1) is 30.5. The number of piperidine rings is 3. The van der Waals surface area contributed by atoms with Crippen molar-refractivity contribution < 1.29 is 14.4 Å². The molecule has 0 spiro atoms. The van der Waals surface area contributed by atoms with Crippen molar-refractivity contribution in [3.05, 3.63) is 107 Å². The van der Waals surface area contributed by atoms with Crippen LogP contribution in [0.1, 0.15) is 169 Å². The zero-order valence-corrected chi connectivity index (χ0v) is 40.9. The lowest BCUT2D eigenvalue weighted by molar-refractivity contribution is -0.119. The monoisotopic (exact) mass is 861 g/mol. The lowest BCUT2D eigenvalue weighted by Gasteiger charge is -2.39. The van der Waals surface area contributed by atoms with Crippen LogP contribution < -0.4 is 4.90 Å². The number of unbranched alkanes of at least 4 members (excludes halogenated alkanes) is 1. The van der Waals surface area contributed by atoms with Crippen molar-refractivity contribution in [1.29, 1.82) is 0 Å². The summed E-state index contributed by atoms with van der Waals surface area (Å²) in [5.74, 6) is 2.14. The van der Waals surface area contributed by atoms with Gasteiger partial charge in [0.15, 0.2) is 6.29 Å². The minimum atomic E-state index is -0.257. The maximum atomic E-state index is 13.6. The minimum absolute atomic E-state index is 0.174. The molecule has 0 bridgehead atoms. The number of aldehydes is 1. The average molecular weight is 861 g/mol. The molecule has 1 unspecified atom stereocenters. The van der Waals surface area contributed by atoms with E-state index in [1.807, 2.05) is 45.9 Å². The zero-order chi connectivity index (χ0) is 45.9. The molecule has 3 aliphatic heterocycles. The number of likely N-dealkylation sites (N-methyl/N-ethyl adjacent to an activating group) is 1. The van der Waals surface area contributed by atoms with Crippen LogP contribution in [0.3, 0.4) is 0 Å². The average Bonchev–Trinajstić information content (AvgIpc) is 3.32. The Hall–Kier alpha value is -4.07. The van der Waals surface area contributed by atoms with E-state index in [1.165, 1.54) is 99.2 Å². The van der Waals surface area contributed by atoms with E-state index in [0.29, 0.717) is 42.2 Å². The number of carbonyl (C=O) groups is 3. The number of carbonyl (C=O) groups excluding carboxylic acids is 3. The predicted molar refractivity (Wildman–Crippen MR) is 268 cm³/mol. The maximum absolute atomic E-state index is 13.6. The van der Waals surface area contributed by atoms with Crippen LogP contribution in [0.25, 0.3) is 5.57 Å². The number of Topliss-reactive ketones (excluding diaryl/α,β-unsaturated/α-hetero) is 1. The number of likely N-dealkylation sites (tertiary alicyclic amines) is 2. The van der Waals surface area contributed by atoms with Crippen LogP contribution in [-0.2, 0) is 11.2 Å². The number of amides is 1. The van der Waals surface area contributed by atoms with Gasteiger partial charge in [0.25, 0.3) is 5.91 Å². The Labute approximate surface area is 383 Å². The molecule has 3 aliphatic rings. The molecular formula is C56H84N4O3. The van der Waals surface area contributed by atoms with Gasteiger partial charge in [-0.3, -0.25) is 14.4 Å². The number of benzene rings is 2. The molecule has 0 radical (unpaired) electrons. The van der Waals surface area contributed by atoms with Crippen molar-refractivity contribution in [2.45, 2.75) is 144 Å². The summed E-state index contributed by atoms with van der Waals surface area (Å²) >= 11 is 0. The Morgan fingerprint density at radius 3 is 2.11 bits per heavy atom. The molecule has 3 fully saturated rings. The quantitative estimate of drug-likeness (QED) is 0.0708. The lowest BCUT2D eigenvalue weighted by atomic mass is 9.84. The molecule has 2 aromatic rings. The van der Waals surface area contributed by atoms with Gasteiger partial charge < -0.3 is 19.6 Å². The third-order valence-electron chi connectivity index (χ3n) is 14.2.